The molecule has 34 heavy (non-hydrogen) atoms. The van der Waals surface area contributed by atoms with Crippen molar-refractivity contribution in [1.82, 2.24) is 29.3 Å². The summed E-state index contributed by atoms with van der Waals surface area (Å²) in [5.74, 6) is 1.15. The van der Waals surface area contributed by atoms with Gasteiger partial charge in [0.15, 0.2) is 11.5 Å². The maximum Gasteiger partial charge on any atom is 0.255 e. The molecule has 0 saturated heterocycles. The summed E-state index contributed by atoms with van der Waals surface area (Å²) in [6.07, 6.45) is 7.82. The molecule has 1 aliphatic heterocycles. The lowest BCUT2D eigenvalue weighted by Gasteiger charge is -2.24. The van der Waals surface area contributed by atoms with Gasteiger partial charge < -0.3 is 15.7 Å². The molecule has 3 N–H and O–H groups in total. The van der Waals surface area contributed by atoms with Crippen LogP contribution in [0.5, 0.6) is 0 Å². The van der Waals surface area contributed by atoms with Gasteiger partial charge in [0.1, 0.15) is 0 Å². The van der Waals surface area contributed by atoms with E-state index in [-0.39, 0.29) is 18.6 Å². The monoisotopic (exact) mass is 457 g/mol. The minimum Gasteiger partial charge on any atom is -0.394 e. The van der Waals surface area contributed by atoms with Gasteiger partial charge in [-0.2, -0.15) is 5.10 Å². The molecule has 4 aromatic rings. The third-order valence-electron chi connectivity index (χ3n) is 7.09. The highest BCUT2D eigenvalue weighted by atomic mass is 16.3. The Bertz CT molecular complexity index is 1430. The number of hydrogen-bond donors (Lipinski definition) is 2. The van der Waals surface area contributed by atoms with Crippen LogP contribution in [0.1, 0.15) is 41.3 Å². The Morgan fingerprint density at radius 1 is 1.24 bits per heavy atom. The molecule has 3 aromatic heterocycles. The summed E-state index contributed by atoms with van der Waals surface area (Å²) in [6.45, 7) is 5.23. The van der Waals surface area contributed by atoms with E-state index in [9.17, 15) is 9.90 Å². The van der Waals surface area contributed by atoms with Crippen molar-refractivity contribution in [1.29, 1.82) is 0 Å². The van der Waals surface area contributed by atoms with Gasteiger partial charge >= 0.3 is 0 Å². The van der Waals surface area contributed by atoms with Crippen molar-refractivity contribution in [3.63, 3.8) is 0 Å². The molecule has 0 bridgehead atoms. The fourth-order valence-electron chi connectivity index (χ4n) is 5.10. The number of nitrogen functional groups attached to an aromatic ring is 1. The van der Waals surface area contributed by atoms with Crippen LogP contribution in [0.15, 0.2) is 36.8 Å². The first-order valence-corrected chi connectivity index (χ1v) is 11.7. The van der Waals surface area contributed by atoms with E-state index < -0.39 is 0 Å². The van der Waals surface area contributed by atoms with Crippen molar-refractivity contribution in [3.05, 3.63) is 53.5 Å². The fraction of sp³-hybridized carbons (Fsp3) is 0.360. The third-order valence-corrected chi connectivity index (χ3v) is 7.09. The van der Waals surface area contributed by atoms with Crippen molar-refractivity contribution in [2.45, 2.75) is 45.8 Å². The number of amides is 1. The Morgan fingerprint density at radius 3 is 2.82 bits per heavy atom. The number of hydrogen-bond acceptors (Lipinski definition) is 6. The van der Waals surface area contributed by atoms with Crippen LogP contribution >= 0.6 is 0 Å². The molecule has 0 unspecified atom stereocenters. The lowest BCUT2D eigenvalue weighted by molar-refractivity contribution is 0.0697. The summed E-state index contributed by atoms with van der Waals surface area (Å²) >= 11 is 0. The molecule has 174 valence electrons. The van der Waals surface area contributed by atoms with Crippen LogP contribution in [-0.2, 0) is 13.1 Å². The predicted molar refractivity (Wildman–Crippen MR) is 128 cm³/mol. The molecular formula is C25H27N7O2. The average molecular weight is 458 g/mol. The van der Waals surface area contributed by atoms with Crippen LogP contribution in [0, 0.1) is 12.8 Å². The molecule has 0 radical (unpaired) electrons. The van der Waals surface area contributed by atoms with Crippen LogP contribution < -0.4 is 5.73 Å². The van der Waals surface area contributed by atoms with Crippen LogP contribution in [0.25, 0.3) is 28.0 Å². The SMILES string of the molecule is Cc1cc(-c2ccn3nc(N)c(-c4cnn(CCO)c4)c3n2)cc2c1C(=O)N([C@@H](C)C1CC1)C2. The first-order chi connectivity index (χ1) is 16.4. The summed E-state index contributed by atoms with van der Waals surface area (Å²) in [4.78, 5) is 20.1. The standard InChI is InChI=1S/C25H27N7O2/c1-14-9-17(10-18-13-31(25(34)21(14)18)15(2)16-3-4-16)20-5-6-32-24(28-20)22(23(26)29-32)19-11-27-30(12-19)7-8-33/h5-6,9-12,15-16,33H,3-4,7-8,13H2,1-2H3,(H2,26,29)/t15-/m0/s1. The van der Waals surface area contributed by atoms with Gasteiger partial charge in [0.05, 0.1) is 30.6 Å². The fourth-order valence-corrected chi connectivity index (χ4v) is 5.10. The molecule has 1 aromatic carbocycles. The maximum atomic E-state index is 13.1. The van der Waals surface area contributed by atoms with E-state index in [2.05, 4.69) is 23.2 Å². The Hall–Kier alpha value is -3.72. The number of benzene rings is 1. The molecular weight excluding hydrogens is 430 g/mol. The number of nitrogens with two attached hydrogens (primary N) is 1. The van der Waals surface area contributed by atoms with Gasteiger partial charge in [0, 0.05) is 41.7 Å². The van der Waals surface area contributed by atoms with Crippen LogP contribution in [0.2, 0.25) is 0 Å². The van der Waals surface area contributed by atoms with Gasteiger partial charge in [-0.1, -0.05) is 0 Å². The normalized spacial score (nSPS) is 16.4. The zero-order chi connectivity index (χ0) is 23.6. The molecule has 1 fully saturated rings. The first-order valence-electron chi connectivity index (χ1n) is 11.7. The van der Waals surface area contributed by atoms with Crippen molar-refractivity contribution in [2.24, 2.45) is 5.92 Å². The van der Waals surface area contributed by atoms with Crippen molar-refractivity contribution >= 4 is 17.4 Å². The largest absolute Gasteiger partial charge is 0.394 e. The molecule has 0 spiro atoms. The molecule has 9 nitrogen and oxygen atoms in total. The second-order valence-corrected chi connectivity index (χ2v) is 9.40. The molecule has 1 saturated carbocycles. The number of aliphatic hydroxyl groups is 1. The molecule has 2 aliphatic rings. The summed E-state index contributed by atoms with van der Waals surface area (Å²) in [5, 5.41) is 17.9. The Kier molecular flexibility index (Phi) is 4.70. The average Bonchev–Trinajstić information content (AvgIpc) is 3.35. The van der Waals surface area contributed by atoms with E-state index in [0.29, 0.717) is 36.0 Å². The number of nitrogens with zero attached hydrogens (tertiary/aromatic N) is 6. The molecule has 9 heteroatoms. The smallest absolute Gasteiger partial charge is 0.255 e. The number of aromatic nitrogens is 5. The summed E-state index contributed by atoms with van der Waals surface area (Å²) in [7, 11) is 0. The van der Waals surface area contributed by atoms with Crippen LogP contribution in [-0.4, -0.2) is 52.9 Å². The Morgan fingerprint density at radius 2 is 2.06 bits per heavy atom. The molecule has 4 heterocycles. The second-order valence-electron chi connectivity index (χ2n) is 9.40. The van der Waals surface area contributed by atoms with Gasteiger partial charge in [-0.15, -0.1) is 5.10 Å². The van der Waals surface area contributed by atoms with Crippen molar-refractivity contribution < 1.29 is 9.90 Å². The number of anilines is 1. The highest BCUT2D eigenvalue weighted by Gasteiger charge is 2.39. The summed E-state index contributed by atoms with van der Waals surface area (Å²) < 4.78 is 3.33. The van der Waals surface area contributed by atoms with Crippen LogP contribution in [0.3, 0.4) is 0 Å². The van der Waals surface area contributed by atoms with Crippen molar-refractivity contribution in [3.8, 4) is 22.4 Å². The lowest BCUT2D eigenvalue weighted by atomic mass is 9.98. The number of aliphatic hydroxyl groups excluding tert-OH is 1. The van der Waals surface area contributed by atoms with Crippen LogP contribution in [0.4, 0.5) is 5.82 Å². The minimum absolute atomic E-state index is 0.00477. The number of carbonyl (C=O) groups is 1. The van der Waals surface area contributed by atoms with Gasteiger partial charge in [-0.3, -0.25) is 9.48 Å². The van der Waals surface area contributed by atoms with Gasteiger partial charge in [-0.25, -0.2) is 9.50 Å². The molecule has 6 rings (SSSR count). The molecule has 1 aliphatic carbocycles. The van der Waals surface area contributed by atoms with E-state index in [1.807, 2.05) is 36.4 Å². The molecule has 1 amide bonds. The number of carbonyl (C=O) groups excluding carboxylic acids is 1. The topological polar surface area (TPSA) is 115 Å². The van der Waals surface area contributed by atoms with Crippen molar-refractivity contribution in [2.75, 3.05) is 12.3 Å². The second kappa shape index (κ2) is 7.66. The first kappa shape index (κ1) is 20.9. The highest BCUT2D eigenvalue weighted by Crippen LogP contribution is 2.40. The van der Waals surface area contributed by atoms with E-state index in [0.717, 1.165) is 33.5 Å². The maximum absolute atomic E-state index is 13.1. The predicted octanol–water partition coefficient (Wildman–Crippen LogP) is 2.90. The summed E-state index contributed by atoms with van der Waals surface area (Å²) in [6, 6.07) is 6.33. The summed E-state index contributed by atoms with van der Waals surface area (Å²) in [5.41, 5.74) is 13.0. The molecule has 1 atom stereocenters. The Balaban J connectivity index is 1.40. The quantitative estimate of drug-likeness (QED) is 0.460. The third kappa shape index (κ3) is 3.27. The van der Waals surface area contributed by atoms with E-state index in [1.165, 1.54) is 12.8 Å². The number of fused-ring (bicyclic) bond motifs is 2. The highest BCUT2D eigenvalue weighted by molar-refractivity contribution is 6.00. The van der Waals surface area contributed by atoms with E-state index in [1.54, 1.807) is 15.4 Å². The lowest BCUT2D eigenvalue weighted by Crippen LogP contribution is -2.34. The number of aryl methyl sites for hydroxylation is 1. The van der Waals surface area contributed by atoms with E-state index >= 15 is 0 Å². The zero-order valence-corrected chi connectivity index (χ0v) is 19.3. The minimum atomic E-state index is 0.00477. The zero-order valence-electron chi connectivity index (χ0n) is 19.3. The van der Waals surface area contributed by atoms with Gasteiger partial charge in [0.2, 0.25) is 0 Å². The van der Waals surface area contributed by atoms with Gasteiger partial charge in [0.25, 0.3) is 5.91 Å². The van der Waals surface area contributed by atoms with Gasteiger partial charge in [-0.05, 0) is 61.9 Å². The van der Waals surface area contributed by atoms with E-state index in [4.69, 9.17) is 10.7 Å². The Labute approximate surface area is 196 Å². The number of rotatable bonds is 6.